The van der Waals surface area contributed by atoms with Crippen LogP contribution in [-0.4, -0.2) is 12.1 Å². The largest absolute Gasteiger partial charge is 0.378 e. The average Bonchev–Trinajstić information content (AvgIpc) is 2.52. The first-order chi connectivity index (χ1) is 8.96. The third-order valence-corrected chi connectivity index (χ3v) is 4.72. The van der Waals surface area contributed by atoms with E-state index in [1.807, 2.05) is 0 Å². The molecule has 0 bridgehead atoms. The molecule has 1 aliphatic rings. The van der Waals surface area contributed by atoms with Gasteiger partial charge in [-0.2, -0.15) is 0 Å². The molecule has 2 rings (SSSR count). The number of nitrogens with two attached hydrogens (primary N) is 1. The van der Waals surface area contributed by atoms with E-state index in [1.54, 1.807) is 0 Å². The first-order valence-electron chi connectivity index (χ1n) is 7.50. The van der Waals surface area contributed by atoms with Gasteiger partial charge in [0.25, 0.3) is 0 Å². The van der Waals surface area contributed by atoms with E-state index in [4.69, 9.17) is 5.73 Å². The van der Waals surface area contributed by atoms with E-state index in [2.05, 4.69) is 50.4 Å². The van der Waals surface area contributed by atoms with Crippen molar-refractivity contribution in [1.82, 2.24) is 0 Å². The molecule has 2 heteroatoms. The third-order valence-electron chi connectivity index (χ3n) is 4.72. The van der Waals surface area contributed by atoms with Gasteiger partial charge in [-0.25, -0.2) is 0 Å². The maximum atomic E-state index is 6.13. The summed E-state index contributed by atoms with van der Waals surface area (Å²) in [5.74, 6) is 0. The van der Waals surface area contributed by atoms with Gasteiger partial charge < -0.3 is 11.1 Å². The van der Waals surface area contributed by atoms with Crippen LogP contribution in [0.15, 0.2) is 24.3 Å². The number of nitrogens with one attached hydrogen (secondary N) is 1. The van der Waals surface area contributed by atoms with Gasteiger partial charge in [0.05, 0.1) is 0 Å². The second kappa shape index (κ2) is 5.54. The summed E-state index contributed by atoms with van der Waals surface area (Å²) in [7, 11) is 0. The van der Waals surface area contributed by atoms with Gasteiger partial charge >= 0.3 is 0 Å². The molecule has 0 spiro atoms. The number of hydrogen-bond acceptors (Lipinski definition) is 2. The van der Waals surface area contributed by atoms with Crippen LogP contribution in [-0.2, 0) is 0 Å². The molecule has 0 aliphatic heterocycles. The molecule has 0 saturated heterocycles. The van der Waals surface area contributed by atoms with Gasteiger partial charge in [-0.05, 0) is 49.7 Å². The van der Waals surface area contributed by atoms with Gasteiger partial charge in [0.2, 0.25) is 0 Å². The lowest BCUT2D eigenvalue weighted by atomic mass is 9.83. The van der Waals surface area contributed by atoms with Crippen LogP contribution in [0.4, 0.5) is 5.69 Å². The molecule has 3 N–H and O–H groups in total. The van der Waals surface area contributed by atoms with Crippen LogP contribution in [0.25, 0.3) is 0 Å². The highest BCUT2D eigenvalue weighted by Gasteiger charge is 2.34. The summed E-state index contributed by atoms with van der Waals surface area (Å²) in [6.45, 7) is 7.64. The van der Waals surface area contributed by atoms with Gasteiger partial charge in [-0.3, -0.25) is 0 Å². The van der Waals surface area contributed by atoms with Gasteiger partial charge in [-0.1, -0.05) is 38.5 Å². The summed E-state index contributed by atoms with van der Waals surface area (Å²) in [6.07, 6.45) is 6.18. The zero-order chi connectivity index (χ0) is 13.9. The fourth-order valence-corrected chi connectivity index (χ4v) is 3.11. The molecule has 1 atom stereocenters. The summed E-state index contributed by atoms with van der Waals surface area (Å²) in [6, 6.07) is 8.52. The normalized spacial score (nSPS) is 26.7. The summed E-state index contributed by atoms with van der Waals surface area (Å²) in [5, 5.41) is 3.77. The summed E-state index contributed by atoms with van der Waals surface area (Å²) < 4.78 is 0. The fraction of sp³-hybridized carbons (Fsp3) is 0.647. The standard InChI is InChI=1S/C17H28N2/c1-14-7-4-5-8-15(14)19-17(13-18)10-6-9-16(2,3)11-12-17/h4-5,7-8,19H,6,9-13,18H2,1-3H3. The maximum absolute atomic E-state index is 6.13. The highest BCUT2D eigenvalue weighted by atomic mass is 15.0. The number of para-hydroxylation sites is 1. The van der Waals surface area contributed by atoms with E-state index in [0.29, 0.717) is 5.41 Å². The van der Waals surface area contributed by atoms with Gasteiger partial charge in [-0.15, -0.1) is 0 Å². The minimum absolute atomic E-state index is 0.0832. The first-order valence-corrected chi connectivity index (χ1v) is 7.50. The third kappa shape index (κ3) is 3.50. The maximum Gasteiger partial charge on any atom is 0.0496 e. The lowest BCUT2D eigenvalue weighted by molar-refractivity contribution is 0.305. The zero-order valence-corrected chi connectivity index (χ0v) is 12.6. The molecule has 1 unspecified atom stereocenters. The van der Waals surface area contributed by atoms with Crippen molar-refractivity contribution in [2.75, 3.05) is 11.9 Å². The molecule has 1 aromatic rings. The Balaban J connectivity index is 2.17. The predicted octanol–water partition coefficient (Wildman–Crippen LogP) is 4.09. The minimum atomic E-state index is 0.0832. The van der Waals surface area contributed by atoms with E-state index >= 15 is 0 Å². The SMILES string of the molecule is Cc1ccccc1NC1(CN)CCCC(C)(C)CC1. The van der Waals surface area contributed by atoms with Crippen LogP contribution in [0.3, 0.4) is 0 Å². The predicted molar refractivity (Wildman–Crippen MR) is 83.5 cm³/mol. The fourth-order valence-electron chi connectivity index (χ4n) is 3.11. The Morgan fingerprint density at radius 1 is 1.11 bits per heavy atom. The van der Waals surface area contributed by atoms with Gasteiger partial charge in [0.15, 0.2) is 0 Å². The highest BCUT2D eigenvalue weighted by molar-refractivity contribution is 5.52. The molecule has 1 aromatic carbocycles. The molecule has 2 nitrogen and oxygen atoms in total. The van der Waals surface area contributed by atoms with Crippen LogP contribution in [0.2, 0.25) is 0 Å². The van der Waals surface area contributed by atoms with Crippen LogP contribution < -0.4 is 11.1 Å². The lowest BCUT2D eigenvalue weighted by Crippen LogP contribution is -2.45. The van der Waals surface area contributed by atoms with E-state index in [0.717, 1.165) is 6.54 Å². The number of benzene rings is 1. The Kier molecular flexibility index (Phi) is 4.19. The number of aryl methyl sites for hydroxylation is 1. The summed E-state index contributed by atoms with van der Waals surface area (Å²) in [4.78, 5) is 0. The second-order valence-electron chi connectivity index (χ2n) is 6.94. The first kappa shape index (κ1) is 14.4. The second-order valence-corrected chi connectivity index (χ2v) is 6.94. The van der Waals surface area contributed by atoms with Crippen LogP contribution in [0, 0.1) is 12.3 Å². The molecule has 1 aliphatic carbocycles. The van der Waals surface area contributed by atoms with Crippen LogP contribution in [0.1, 0.15) is 51.5 Å². The number of anilines is 1. The quantitative estimate of drug-likeness (QED) is 0.803. The molecule has 106 valence electrons. The molecule has 0 heterocycles. The Bertz CT molecular complexity index is 425. The monoisotopic (exact) mass is 260 g/mol. The van der Waals surface area contributed by atoms with Gasteiger partial charge in [0.1, 0.15) is 0 Å². The van der Waals surface area contributed by atoms with Crippen molar-refractivity contribution in [3.8, 4) is 0 Å². The van der Waals surface area contributed by atoms with Crippen molar-refractivity contribution in [3.05, 3.63) is 29.8 Å². The highest BCUT2D eigenvalue weighted by Crippen LogP contribution is 2.39. The molecule has 0 aromatic heterocycles. The van der Waals surface area contributed by atoms with Crippen molar-refractivity contribution < 1.29 is 0 Å². The molecule has 19 heavy (non-hydrogen) atoms. The summed E-state index contributed by atoms with van der Waals surface area (Å²) in [5.41, 5.74) is 9.23. The molecule has 1 saturated carbocycles. The van der Waals surface area contributed by atoms with E-state index in [9.17, 15) is 0 Å². The smallest absolute Gasteiger partial charge is 0.0496 e. The minimum Gasteiger partial charge on any atom is -0.378 e. The number of rotatable bonds is 3. The molecular weight excluding hydrogens is 232 g/mol. The van der Waals surface area contributed by atoms with Crippen molar-refractivity contribution in [2.24, 2.45) is 11.1 Å². The van der Waals surface area contributed by atoms with E-state index in [1.165, 1.54) is 43.4 Å². The number of hydrogen-bond donors (Lipinski definition) is 2. The molecule has 0 radical (unpaired) electrons. The van der Waals surface area contributed by atoms with Crippen LogP contribution >= 0.6 is 0 Å². The molecular formula is C17H28N2. The topological polar surface area (TPSA) is 38.0 Å². The molecule has 1 fully saturated rings. The zero-order valence-electron chi connectivity index (χ0n) is 12.6. The Labute approximate surface area is 117 Å². The van der Waals surface area contributed by atoms with Crippen molar-refractivity contribution in [1.29, 1.82) is 0 Å². The Morgan fingerprint density at radius 3 is 2.53 bits per heavy atom. The van der Waals surface area contributed by atoms with Crippen molar-refractivity contribution in [2.45, 2.75) is 58.4 Å². The Morgan fingerprint density at radius 2 is 1.84 bits per heavy atom. The van der Waals surface area contributed by atoms with E-state index < -0.39 is 0 Å². The Hall–Kier alpha value is -1.02. The van der Waals surface area contributed by atoms with Crippen LogP contribution in [0.5, 0.6) is 0 Å². The van der Waals surface area contributed by atoms with Crippen molar-refractivity contribution >= 4 is 5.69 Å². The lowest BCUT2D eigenvalue weighted by Gasteiger charge is -2.35. The van der Waals surface area contributed by atoms with Crippen molar-refractivity contribution in [3.63, 3.8) is 0 Å². The summed E-state index contributed by atoms with van der Waals surface area (Å²) >= 11 is 0. The van der Waals surface area contributed by atoms with E-state index in [-0.39, 0.29) is 5.54 Å². The van der Waals surface area contributed by atoms with Gasteiger partial charge in [0, 0.05) is 17.8 Å². The molecule has 0 amide bonds. The average molecular weight is 260 g/mol.